The van der Waals surface area contributed by atoms with Gasteiger partial charge in [-0.3, -0.25) is 0 Å². The summed E-state index contributed by atoms with van der Waals surface area (Å²) in [5.41, 5.74) is 12.2. The van der Waals surface area contributed by atoms with Crippen LogP contribution in [0.1, 0.15) is 11.5 Å². The standard InChI is InChI=1S/C17H19ClN2O2S/c18-13-8-6-12(7-9-13)15-16(17(15,10-19)11-20)23(21,22)14-4-2-1-3-5-14/h1-9,15-16H,10-11,19-20H2/t15-,16+/m0/s1. The van der Waals surface area contributed by atoms with Gasteiger partial charge in [-0.05, 0) is 29.8 Å². The Labute approximate surface area is 141 Å². The highest BCUT2D eigenvalue weighted by Gasteiger charge is 2.69. The molecule has 4 nitrogen and oxygen atoms in total. The SMILES string of the molecule is NCC1(CN)[C@H](S(=O)(=O)c2ccccc2)[C@@H]1c1ccc(Cl)cc1. The lowest BCUT2D eigenvalue weighted by atomic mass is 9.99. The van der Waals surface area contributed by atoms with Gasteiger partial charge in [0, 0.05) is 29.4 Å². The molecule has 0 bridgehead atoms. The van der Waals surface area contributed by atoms with E-state index in [4.69, 9.17) is 23.1 Å². The molecule has 0 spiro atoms. The van der Waals surface area contributed by atoms with Crippen LogP contribution in [0, 0.1) is 5.41 Å². The summed E-state index contributed by atoms with van der Waals surface area (Å²) < 4.78 is 26.1. The molecule has 2 aromatic carbocycles. The van der Waals surface area contributed by atoms with Crippen LogP contribution in [0.5, 0.6) is 0 Å². The van der Waals surface area contributed by atoms with Crippen LogP contribution in [0.2, 0.25) is 5.02 Å². The number of hydrogen-bond acceptors (Lipinski definition) is 4. The molecule has 23 heavy (non-hydrogen) atoms. The van der Waals surface area contributed by atoms with Crippen LogP contribution in [0.3, 0.4) is 0 Å². The number of benzene rings is 2. The van der Waals surface area contributed by atoms with Gasteiger partial charge in [0.25, 0.3) is 0 Å². The zero-order chi connectivity index (χ0) is 16.7. The van der Waals surface area contributed by atoms with Gasteiger partial charge in [0.1, 0.15) is 0 Å². The summed E-state index contributed by atoms with van der Waals surface area (Å²) in [6, 6.07) is 15.7. The van der Waals surface area contributed by atoms with Crippen molar-refractivity contribution in [2.24, 2.45) is 16.9 Å². The van der Waals surface area contributed by atoms with Gasteiger partial charge in [-0.1, -0.05) is 41.9 Å². The van der Waals surface area contributed by atoms with E-state index < -0.39 is 20.5 Å². The Morgan fingerprint density at radius 1 is 0.957 bits per heavy atom. The van der Waals surface area contributed by atoms with Gasteiger partial charge in [-0.15, -0.1) is 0 Å². The van der Waals surface area contributed by atoms with E-state index in [-0.39, 0.29) is 19.0 Å². The Balaban J connectivity index is 2.05. The van der Waals surface area contributed by atoms with Crippen molar-refractivity contribution in [2.45, 2.75) is 16.1 Å². The average Bonchev–Trinajstić information content (AvgIpc) is 3.27. The molecule has 0 aromatic heterocycles. The second-order valence-electron chi connectivity index (χ2n) is 5.95. The first-order valence-corrected chi connectivity index (χ1v) is 9.34. The lowest BCUT2D eigenvalue weighted by molar-refractivity contribution is 0.510. The number of rotatable bonds is 5. The smallest absolute Gasteiger partial charge is 0.182 e. The summed E-state index contributed by atoms with van der Waals surface area (Å²) in [4.78, 5) is 0.313. The Hall–Kier alpha value is -1.40. The van der Waals surface area contributed by atoms with Crippen LogP contribution in [0.25, 0.3) is 0 Å². The highest BCUT2D eigenvalue weighted by Crippen LogP contribution is 2.62. The summed E-state index contributed by atoms with van der Waals surface area (Å²) in [5.74, 6) is -0.208. The fraction of sp³-hybridized carbons (Fsp3) is 0.294. The van der Waals surface area contributed by atoms with Gasteiger partial charge in [0.05, 0.1) is 10.1 Å². The first-order valence-electron chi connectivity index (χ1n) is 7.42. The van der Waals surface area contributed by atoms with Gasteiger partial charge in [-0.25, -0.2) is 8.42 Å². The summed E-state index contributed by atoms with van der Waals surface area (Å²) >= 11 is 5.93. The molecule has 1 fully saturated rings. The summed E-state index contributed by atoms with van der Waals surface area (Å²) in [7, 11) is -3.50. The summed E-state index contributed by atoms with van der Waals surface area (Å²) in [6.45, 7) is 0.459. The first-order chi connectivity index (χ1) is 11.0. The number of hydrogen-bond donors (Lipinski definition) is 2. The van der Waals surface area contributed by atoms with Crippen molar-refractivity contribution in [3.63, 3.8) is 0 Å². The molecule has 6 heteroatoms. The topological polar surface area (TPSA) is 86.2 Å². The third-order valence-electron chi connectivity index (χ3n) is 4.77. The van der Waals surface area contributed by atoms with Gasteiger partial charge < -0.3 is 11.5 Å². The largest absolute Gasteiger partial charge is 0.330 e. The fourth-order valence-corrected chi connectivity index (χ4v) is 6.07. The minimum absolute atomic E-state index is 0.208. The highest BCUT2D eigenvalue weighted by molar-refractivity contribution is 7.92. The molecule has 0 saturated heterocycles. The van der Waals surface area contributed by atoms with E-state index in [1.165, 1.54) is 0 Å². The van der Waals surface area contributed by atoms with Gasteiger partial charge in [0.2, 0.25) is 0 Å². The van der Waals surface area contributed by atoms with E-state index in [1.807, 2.05) is 12.1 Å². The minimum atomic E-state index is -3.50. The number of sulfone groups is 1. The van der Waals surface area contributed by atoms with Crippen LogP contribution < -0.4 is 11.5 Å². The maximum absolute atomic E-state index is 13.0. The van der Waals surface area contributed by atoms with E-state index in [0.29, 0.717) is 9.92 Å². The minimum Gasteiger partial charge on any atom is -0.330 e. The zero-order valence-corrected chi connectivity index (χ0v) is 14.1. The molecule has 0 heterocycles. The van der Waals surface area contributed by atoms with Crippen molar-refractivity contribution in [3.8, 4) is 0 Å². The van der Waals surface area contributed by atoms with E-state index in [2.05, 4.69) is 0 Å². The van der Waals surface area contributed by atoms with Crippen LogP contribution in [0.4, 0.5) is 0 Å². The van der Waals surface area contributed by atoms with Crippen LogP contribution in [-0.4, -0.2) is 26.8 Å². The lowest BCUT2D eigenvalue weighted by Crippen LogP contribution is -2.31. The predicted molar refractivity (Wildman–Crippen MR) is 92.2 cm³/mol. The normalized spacial score (nSPS) is 22.7. The van der Waals surface area contributed by atoms with Crippen molar-refractivity contribution < 1.29 is 8.42 Å². The van der Waals surface area contributed by atoms with Crippen LogP contribution >= 0.6 is 11.6 Å². The molecule has 0 aliphatic heterocycles. The molecule has 2 aromatic rings. The lowest BCUT2D eigenvalue weighted by Gasteiger charge is -2.13. The molecule has 2 atom stereocenters. The molecular weight excluding hydrogens is 332 g/mol. The maximum atomic E-state index is 13.0. The average molecular weight is 351 g/mol. The quantitative estimate of drug-likeness (QED) is 0.865. The van der Waals surface area contributed by atoms with Crippen molar-refractivity contribution in [1.82, 2.24) is 0 Å². The van der Waals surface area contributed by atoms with Gasteiger partial charge in [0.15, 0.2) is 9.84 Å². The summed E-state index contributed by atoms with van der Waals surface area (Å²) in [5, 5.41) is 0.0107. The third-order valence-corrected chi connectivity index (χ3v) is 7.37. The Morgan fingerprint density at radius 2 is 1.52 bits per heavy atom. The molecule has 1 aliphatic carbocycles. The predicted octanol–water partition coefficient (Wildman–Crippen LogP) is 2.18. The molecule has 4 N–H and O–H groups in total. The van der Waals surface area contributed by atoms with Crippen molar-refractivity contribution >= 4 is 21.4 Å². The van der Waals surface area contributed by atoms with Crippen molar-refractivity contribution in [3.05, 3.63) is 65.2 Å². The van der Waals surface area contributed by atoms with E-state index in [9.17, 15) is 8.42 Å². The van der Waals surface area contributed by atoms with E-state index in [0.717, 1.165) is 5.56 Å². The van der Waals surface area contributed by atoms with Crippen LogP contribution in [-0.2, 0) is 9.84 Å². The zero-order valence-electron chi connectivity index (χ0n) is 12.5. The highest BCUT2D eigenvalue weighted by atomic mass is 35.5. The molecule has 122 valence electrons. The fourth-order valence-electron chi connectivity index (χ4n) is 3.44. The number of halogens is 1. The van der Waals surface area contributed by atoms with Crippen molar-refractivity contribution in [1.29, 1.82) is 0 Å². The van der Waals surface area contributed by atoms with Gasteiger partial charge >= 0.3 is 0 Å². The maximum Gasteiger partial charge on any atom is 0.182 e. The van der Waals surface area contributed by atoms with Gasteiger partial charge in [-0.2, -0.15) is 0 Å². The monoisotopic (exact) mass is 350 g/mol. The molecular formula is C17H19ClN2O2S. The Kier molecular flexibility index (Phi) is 4.23. The molecule has 0 unspecified atom stereocenters. The Bertz CT molecular complexity index is 787. The van der Waals surface area contributed by atoms with Crippen molar-refractivity contribution in [2.75, 3.05) is 13.1 Å². The van der Waals surface area contributed by atoms with E-state index >= 15 is 0 Å². The second kappa shape index (κ2) is 5.91. The molecule has 3 rings (SSSR count). The molecule has 1 aliphatic rings. The molecule has 0 amide bonds. The van der Waals surface area contributed by atoms with Crippen LogP contribution in [0.15, 0.2) is 59.5 Å². The third kappa shape index (κ3) is 2.58. The first kappa shape index (κ1) is 16.5. The second-order valence-corrected chi connectivity index (χ2v) is 8.46. The summed E-state index contributed by atoms with van der Waals surface area (Å²) in [6.07, 6.45) is 0. The molecule has 1 saturated carbocycles. The van der Waals surface area contributed by atoms with E-state index in [1.54, 1.807) is 42.5 Å². The Morgan fingerprint density at radius 3 is 2.04 bits per heavy atom. The molecule has 0 radical (unpaired) electrons. The number of nitrogens with two attached hydrogens (primary N) is 2.